The molecule has 1 unspecified atom stereocenters. The van der Waals surface area contributed by atoms with Gasteiger partial charge in [-0.3, -0.25) is 14.2 Å². The van der Waals surface area contributed by atoms with Gasteiger partial charge in [-0.1, -0.05) is 18.7 Å². The molecule has 0 fully saturated rings. The van der Waals surface area contributed by atoms with Gasteiger partial charge in [0, 0.05) is 17.8 Å². The molecule has 1 N–H and O–H groups in total. The Morgan fingerprint density at radius 1 is 1.28 bits per heavy atom. The molecule has 154 valence electrons. The van der Waals surface area contributed by atoms with Crippen LogP contribution in [0.2, 0.25) is 0 Å². The highest BCUT2D eigenvalue weighted by molar-refractivity contribution is 7.99. The van der Waals surface area contributed by atoms with Crippen LogP contribution in [0.1, 0.15) is 26.3 Å². The zero-order chi connectivity index (χ0) is 21.0. The minimum atomic E-state index is -0.197. The molecule has 0 bridgehead atoms. The number of methoxy groups -OCH3 is 2. The van der Waals surface area contributed by atoms with Gasteiger partial charge in [-0.05, 0) is 36.9 Å². The number of ether oxygens (including phenoxy) is 2. The van der Waals surface area contributed by atoms with E-state index in [1.807, 2.05) is 25.3 Å². The van der Waals surface area contributed by atoms with Crippen molar-refractivity contribution in [1.82, 2.24) is 9.55 Å². The summed E-state index contributed by atoms with van der Waals surface area (Å²) in [5, 5.41) is 5.25. The first-order valence-corrected chi connectivity index (χ1v) is 11.0. The number of rotatable bonds is 8. The summed E-state index contributed by atoms with van der Waals surface area (Å²) in [6.07, 6.45) is 0.796. The van der Waals surface area contributed by atoms with Crippen molar-refractivity contribution in [2.24, 2.45) is 0 Å². The molecule has 0 spiro atoms. The van der Waals surface area contributed by atoms with E-state index in [-0.39, 0.29) is 23.3 Å². The normalized spacial score (nSPS) is 12.0. The third-order valence-electron chi connectivity index (χ3n) is 4.51. The number of amides is 1. The summed E-state index contributed by atoms with van der Waals surface area (Å²) < 4.78 is 12.8. The van der Waals surface area contributed by atoms with Gasteiger partial charge in [-0.15, -0.1) is 11.3 Å². The van der Waals surface area contributed by atoms with E-state index in [1.54, 1.807) is 37.0 Å². The van der Waals surface area contributed by atoms with E-state index < -0.39 is 0 Å². The lowest BCUT2D eigenvalue weighted by molar-refractivity contribution is -0.113. The number of nitrogens with zero attached hydrogens (tertiary/aromatic N) is 2. The number of hydrogen-bond donors (Lipinski definition) is 1. The van der Waals surface area contributed by atoms with Crippen LogP contribution in [-0.2, 0) is 4.79 Å². The standard InChI is InChI=1S/C20H23N3O4S2/c1-5-12(2)23-19(25)18-14(8-9-28-18)22-20(23)29-11-17(24)21-13-6-7-15(26-3)16(10-13)27-4/h6-10,12H,5,11H2,1-4H3,(H,21,24). The van der Waals surface area contributed by atoms with Crippen LogP contribution < -0.4 is 20.3 Å². The molecule has 1 atom stereocenters. The number of fused-ring (bicyclic) bond motifs is 1. The molecule has 9 heteroatoms. The predicted octanol–water partition coefficient (Wildman–Crippen LogP) is 4.18. The Morgan fingerprint density at radius 3 is 2.72 bits per heavy atom. The number of hydrogen-bond acceptors (Lipinski definition) is 7. The minimum absolute atomic E-state index is 0.00193. The van der Waals surface area contributed by atoms with Gasteiger partial charge in [0.15, 0.2) is 16.7 Å². The van der Waals surface area contributed by atoms with Gasteiger partial charge in [-0.2, -0.15) is 0 Å². The van der Waals surface area contributed by atoms with Crippen molar-refractivity contribution in [3.8, 4) is 11.5 Å². The Morgan fingerprint density at radius 2 is 2.03 bits per heavy atom. The maximum atomic E-state index is 12.9. The summed E-state index contributed by atoms with van der Waals surface area (Å²) in [6.45, 7) is 4.00. The molecule has 7 nitrogen and oxygen atoms in total. The molecule has 2 aromatic heterocycles. The van der Waals surface area contributed by atoms with Crippen LogP contribution in [-0.4, -0.2) is 35.4 Å². The predicted molar refractivity (Wildman–Crippen MR) is 118 cm³/mol. The fourth-order valence-electron chi connectivity index (χ4n) is 2.82. The zero-order valence-electron chi connectivity index (χ0n) is 16.7. The first-order valence-electron chi connectivity index (χ1n) is 9.12. The summed E-state index contributed by atoms with van der Waals surface area (Å²) in [4.78, 5) is 30.0. The van der Waals surface area contributed by atoms with Gasteiger partial charge >= 0.3 is 0 Å². The van der Waals surface area contributed by atoms with E-state index in [4.69, 9.17) is 9.47 Å². The van der Waals surface area contributed by atoms with Crippen molar-refractivity contribution in [3.05, 3.63) is 40.0 Å². The van der Waals surface area contributed by atoms with Crippen molar-refractivity contribution < 1.29 is 14.3 Å². The van der Waals surface area contributed by atoms with Gasteiger partial charge < -0.3 is 14.8 Å². The first kappa shape index (κ1) is 21.2. The Balaban J connectivity index is 1.78. The number of nitrogens with one attached hydrogen (secondary N) is 1. The van der Waals surface area contributed by atoms with E-state index in [0.29, 0.717) is 32.6 Å². The highest BCUT2D eigenvalue weighted by atomic mass is 32.2. The summed E-state index contributed by atoms with van der Waals surface area (Å²) in [7, 11) is 3.10. The Labute approximate surface area is 177 Å². The molecule has 0 saturated heterocycles. The van der Waals surface area contributed by atoms with Gasteiger partial charge in [0.2, 0.25) is 5.91 Å². The summed E-state index contributed by atoms with van der Waals surface area (Å²) >= 11 is 2.65. The maximum Gasteiger partial charge on any atom is 0.272 e. The van der Waals surface area contributed by atoms with Gasteiger partial charge in [0.25, 0.3) is 5.56 Å². The monoisotopic (exact) mass is 433 g/mol. The summed E-state index contributed by atoms with van der Waals surface area (Å²) in [6, 6.07) is 7.00. The van der Waals surface area contributed by atoms with Crippen molar-refractivity contribution in [3.63, 3.8) is 0 Å². The van der Waals surface area contributed by atoms with Crippen molar-refractivity contribution >= 4 is 44.9 Å². The van der Waals surface area contributed by atoms with E-state index >= 15 is 0 Å². The molecule has 1 aromatic carbocycles. The van der Waals surface area contributed by atoms with Crippen LogP contribution >= 0.6 is 23.1 Å². The number of anilines is 1. The van der Waals surface area contributed by atoms with Crippen LogP contribution in [0.3, 0.4) is 0 Å². The second-order valence-electron chi connectivity index (χ2n) is 6.37. The van der Waals surface area contributed by atoms with Crippen LogP contribution in [0, 0.1) is 0 Å². The molecule has 0 radical (unpaired) electrons. The lowest BCUT2D eigenvalue weighted by Gasteiger charge is -2.17. The molecule has 3 rings (SSSR count). The van der Waals surface area contributed by atoms with Crippen molar-refractivity contribution in [2.45, 2.75) is 31.5 Å². The average Bonchev–Trinajstić information content (AvgIpc) is 3.20. The van der Waals surface area contributed by atoms with Gasteiger partial charge in [0.05, 0.1) is 25.5 Å². The second kappa shape index (κ2) is 9.32. The van der Waals surface area contributed by atoms with E-state index in [2.05, 4.69) is 10.3 Å². The van der Waals surface area contributed by atoms with Crippen LogP contribution in [0.5, 0.6) is 11.5 Å². The molecule has 1 amide bonds. The highest BCUT2D eigenvalue weighted by Gasteiger charge is 2.17. The largest absolute Gasteiger partial charge is 0.493 e. The van der Waals surface area contributed by atoms with Crippen LogP contribution in [0.25, 0.3) is 10.2 Å². The fourth-order valence-corrected chi connectivity index (χ4v) is 4.48. The number of thioether (sulfide) groups is 1. The number of thiophene rings is 1. The topological polar surface area (TPSA) is 82.5 Å². The maximum absolute atomic E-state index is 12.9. The Bertz CT molecular complexity index is 1080. The molecule has 0 aliphatic rings. The molecule has 0 aliphatic heterocycles. The number of benzene rings is 1. The molecular formula is C20H23N3O4S2. The van der Waals surface area contributed by atoms with Gasteiger partial charge in [0.1, 0.15) is 4.70 Å². The van der Waals surface area contributed by atoms with E-state index in [1.165, 1.54) is 23.1 Å². The lowest BCUT2D eigenvalue weighted by atomic mass is 10.2. The van der Waals surface area contributed by atoms with Crippen LogP contribution in [0.15, 0.2) is 39.6 Å². The lowest BCUT2D eigenvalue weighted by Crippen LogP contribution is -2.26. The molecule has 2 heterocycles. The van der Waals surface area contributed by atoms with Crippen molar-refractivity contribution in [2.75, 3.05) is 25.3 Å². The first-order chi connectivity index (χ1) is 14.0. The minimum Gasteiger partial charge on any atom is -0.493 e. The average molecular weight is 434 g/mol. The van der Waals surface area contributed by atoms with Gasteiger partial charge in [-0.25, -0.2) is 4.98 Å². The Hall–Kier alpha value is -2.52. The molecule has 0 saturated carbocycles. The molecular weight excluding hydrogens is 410 g/mol. The smallest absolute Gasteiger partial charge is 0.272 e. The fraction of sp³-hybridized carbons (Fsp3) is 0.350. The molecule has 29 heavy (non-hydrogen) atoms. The van der Waals surface area contributed by atoms with Crippen molar-refractivity contribution in [1.29, 1.82) is 0 Å². The highest BCUT2D eigenvalue weighted by Crippen LogP contribution is 2.30. The van der Waals surface area contributed by atoms with E-state index in [9.17, 15) is 9.59 Å². The van der Waals surface area contributed by atoms with Crippen LogP contribution in [0.4, 0.5) is 5.69 Å². The summed E-state index contributed by atoms with van der Waals surface area (Å²) in [5.41, 5.74) is 1.22. The Kier molecular flexibility index (Phi) is 6.81. The molecule has 3 aromatic rings. The number of carbonyl (C=O) groups is 1. The summed E-state index contributed by atoms with van der Waals surface area (Å²) in [5.74, 6) is 1.06. The number of aromatic nitrogens is 2. The molecule has 0 aliphatic carbocycles. The third kappa shape index (κ3) is 4.56. The second-order valence-corrected chi connectivity index (χ2v) is 8.23. The quantitative estimate of drug-likeness (QED) is 0.424. The third-order valence-corrected chi connectivity index (χ3v) is 6.36. The SMILES string of the molecule is CCC(C)n1c(SCC(=O)Nc2ccc(OC)c(OC)c2)nc2ccsc2c1=O. The van der Waals surface area contributed by atoms with E-state index in [0.717, 1.165) is 6.42 Å². The zero-order valence-corrected chi connectivity index (χ0v) is 18.4. The number of carbonyl (C=O) groups excluding carboxylic acids is 1.